The predicted molar refractivity (Wildman–Crippen MR) is 149 cm³/mol. The molecule has 1 fully saturated rings. The fourth-order valence-electron chi connectivity index (χ4n) is 6.52. The van der Waals surface area contributed by atoms with Crippen LogP contribution >= 0.6 is 0 Å². The van der Waals surface area contributed by atoms with Gasteiger partial charge >= 0.3 is 0 Å². The fraction of sp³-hybridized carbons (Fsp3) is 0.419. The summed E-state index contributed by atoms with van der Waals surface area (Å²) in [7, 11) is 1.51. The number of phenolic OH excluding ortho intramolecular Hbond substituents is 3. The van der Waals surface area contributed by atoms with Gasteiger partial charge in [-0.1, -0.05) is 18.2 Å². The van der Waals surface area contributed by atoms with Gasteiger partial charge in [0.15, 0.2) is 23.0 Å². The van der Waals surface area contributed by atoms with Crippen LogP contribution in [0.4, 0.5) is 0 Å². The summed E-state index contributed by atoms with van der Waals surface area (Å²) < 4.78 is 16.8. The lowest BCUT2D eigenvalue weighted by atomic mass is 9.78. The number of hydrogen-bond acceptors (Lipinski definition) is 11. The Morgan fingerprint density at radius 3 is 2.38 bits per heavy atom. The third-order valence-electron chi connectivity index (χ3n) is 8.71. The molecule has 1 saturated heterocycles. The maximum absolute atomic E-state index is 11.6. The van der Waals surface area contributed by atoms with E-state index in [4.69, 9.17) is 14.2 Å². The lowest BCUT2D eigenvalue weighted by molar-refractivity contribution is -0.277. The summed E-state index contributed by atoms with van der Waals surface area (Å²) in [6, 6.07) is 13.6. The SMILES string of the molecule is COc1cc2c(cc1O)CCN1C2Cc2ccc(OC3OC(CO)C(O)C(O)C3O)c(O)c2C1Cc1ccc(O)cc1. The number of rotatable bonds is 6. The van der Waals surface area contributed by atoms with E-state index in [-0.39, 0.29) is 35.1 Å². The van der Waals surface area contributed by atoms with Crippen LogP contribution in [0.2, 0.25) is 0 Å². The smallest absolute Gasteiger partial charge is 0.229 e. The second kappa shape index (κ2) is 11.3. The molecule has 0 spiro atoms. The molecule has 0 aromatic heterocycles. The average Bonchev–Trinajstić information content (AvgIpc) is 2.99. The standard InChI is InChI=1S/C31H35NO10/c1-40-24-13-19-16(12-22(24)35)8-9-32-20(19)11-17-4-7-23(41-31-30(39)29(38)28(37)25(14-33)42-31)27(36)26(17)21(32)10-15-2-5-18(34)6-3-15/h2-7,12-13,20-21,25,28-31,33-39H,8-11,14H2,1H3. The van der Waals surface area contributed by atoms with Crippen LogP contribution in [0, 0.1) is 0 Å². The molecule has 7 unspecified atom stereocenters. The second-order valence-corrected chi connectivity index (χ2v) is 11.1. The van der Waals surface area contributed by atoms with Crippen LogP contribution in [0.1, 0.15) is 39.9 Å². The number of ether oxygens (including phenoxy) is 3. The summed E-state index contributed by atoms with van der Waals surface area (Å²) in [5.74, 6) is 0.520. The number of aliphatic hydroxyl groups is 4. The summed E-state index contributed by atoms with van der Waals surface area (Å²) in [4.78, 5) is 2.31. The van der Waals surface area contributed by atoms with Crippen LogP contribution in [0.3, 0.4) is 0 Å². The van der Waals surface area contributed by atoms with E-state index in [1.165, 1.54) is 7.11 Å². The molecule has 3 aromatic carbocycles. The molecule has 0 saturated carbocycles. The Balaban J connectivity index is 1.40. The van der Waals surface area contributed by atoms with Crippen LogP contribution in [0.5, 0.6) is 28.7 Å². The maximum Gasteiger partial charge on any atom is 0.229 e. The van der Waals surface area contributed by atoms with Crippen molar-refractivity contribution < 1.29 is 50.0 Å². The van der Waals surface area contributed by atoms with Crippen molar-refractivity contribution in [3.05, 3.63) is 76.3 Å². The van der Waals surface area contributed by atoms with Crippen LogP contribution in [-0.4, -0.2) is 91.6 Å². The molecule has 224 valence electrons. The molecule has 3 aliphatic rings. The van der Waals surface area contributed by atoms with Gasteiger partial charge in [0, 0.05) is 24.2 Å². The van der Waals surface area contributed by atoms with Crippen molar-refractivity contribution in [1.82, 2.24) is 4.90 Å². The Kier molecular flexibility index (Phi) is 7.64. The van der Waals surface area contributed by atoms with E-state index in [9.17, 15) is 35.7 Å². The zero-order valence-electron chi connectivity index (χ0n) is 23.0. The zero-order chi connectivity index (χ0) is 29.7. The molecule has 0 radical (unpaired) electrons. The predicted octanol–water partition coefficient (Wildman–Crippen LogP) is 1.43. The van der Waals surface area contributed by atoms with Crippen molar-refractivity contribution in [3.63, 3.8) is 0 Å². The van der Waals surface area contributed by atoms with Gasteiger partial charge in [-0.15, -0.1) is 0 Å². The first-order valence-electron chi connectivity index (χ1n) is 14.0. The minimum atomic E-state index is -1.62. The highest BCUT2D eigenvalue weighted by Crippen LogP contribution is 2.51. The van der Waals surface area contributed by atoms with Gasteiger partial charge in [-0.2, -0.15) is 0 Å². The van der Waals surface area contributed by atoms with Gasteiger partial charge in [0.25, 0.3) is 0 Å². The van der Waals surface area contributed by atoms with E-state index >= 15 is 0 Å². The summed E-state index contributed by atoms with van der Waals surface area (Å²) >= 11 is 0. The topological polar surface area (TPSA) is 173 Å². The lowest BCUT2D eigenvalue weighted by Gasteiger charge is -2.47. The number of hydrogen-bond donors (Lipinski definition) is 7. The van der Waals surface area contributed by atoms with E-state index in [0.29, 0.717) is 37.1 Å². The van der Waals surface area contributed by atoms with E-state index in [2.05, 4.69) is 4.90 Å². The molecule has 11 nitrogen and oxygen atoms in total. The summed E-state index contributed by atoms with van der Waals surface area (Å²) in [6.45, 7) is 0.0545. The molecule has 3 heterocycles. The second-order valence-electron chi connectivity index (χ2n) is 11.1. The van der Waals surface area contributed by atoms with Gasteiger partial charge in [-0.05, 0) is 71.8 Å². The van der Waals surface area contributed by atoms with Crippen molar-refractivity contribution in [2.24, 2.45) is 0 Å². The molecular weight excluding hydrogens is 546 g/mol. The van der Waals surface area contributed by atoms with Crippen molar-refractivity contribution >= 4 is 0 Å². The third kappa shape index (κ3) is 4.91. The summed E-state index contributed by atoms with van der Waals surface area (Å²) in [6.07, 6.45) is -5.63. The molecule has 6 rings (SSSR count). The molecular formula is C31H35NO10. The van der Waals surface area contributed by atoms with Crippen LogP contribution < -0.4 is 9.47 Å². The number of nitrogens with zero attached hydrogens (tertiary/aromatic N) is 1. The van der Waals surface area contributed by atoms with Crippen LogP contribution in [0.25, 0.3) is 0 Å². The highest BCUT2D eigenvalue weighted by molar-refractivity contribution is 5.56. The number of fused-ring (bicyclic) bond motifs is 4. The molecule has 0 aliphatic carbocycles. The Morgan fingerprint density at radius 1 is 0.905 bits per heavy atom. The maximum atomic E-state index is 11.6. The quantitative estimate of drug-likeness (QED) is 0.225. The summed E-state index contributed by atoms with van der Waals surface area (Å²) in [5, 5.41) is 72.3. The first kappa shape index (κ1) is 28.5. The fourth-order valence-corrected chi connectivity index (χ4v) is 6.52. The highest BCUT2D eigenvalue weighted by Gasteiger charge is 2.46. The van der Waals surface area contributed by atoms with E-state index in [0.717, 1.165) is 22.3 Å². The first-order chi connectivity index (χ1) is 20.2. The number of methoxy groups -OCH3 is 1. The molecule has 0 bridgehead atoms. The monoisotopic (exact) mass is 581 g/mol. The van der Waals surface area contributed by atoms with Crippen molar-refractivity contribution in [3.8, 4) is 28.7 Å². The van der Waals surface area contributed by atoms with Gasteiger partial charge in [0.05, 0.1) is 13.7 Å². The minimum Gasteiger partial charge on any atom is -0.508 e. The van der Waals surface area contributed by atoms with Crippen molar-refractivity contribution in [1.29, 1.82) is 0 Å². The number of benzene rings is 3. The molecule has 7 N–H and O–H groups in total. The van der Waals surface area contributed by atoms with Gasteiger partial charge in [0.1, 0.15) is 30.2 Å². The number of aliphatic hydroxyl groups excluding tert-OH is 4. The van der Waals surface area contributed by atoms with Crippen LogP contribution in [0.15, 0.2) is 48.5 Å². The summed E-state index contributed by atoms with van der Waals surface area (Å²) in [5.41, 5.74) is 4.55. The molecule has 0 amide bonds. The Morgan fingerprint density at radius 2 is 1.67 bits per heavy atom. The van der Waals surface area contributed by atoms with Crippen molar-refractivity contribution in [2.45, 2.75) is 62.1 Å². The lowest BCUT2D eigenvalue weighted by Crippen LogP contribution is -2.60. The van der Waals surface area contributed by atoms with E-state index in [1.807, 2.05) is 24.3 Å². The average molecular weight is 582 g/mol. The molecule has 11 heteroatoms. The van der Waals surface area contributed by atoms with E-state index < -0.39 is 37.3 Å². The molecule has 42 heavy (non-hydrogen) atoms. The van der Waals surface area contributed by atoms with Crippen LogP contribution in [-0.2, 0) is 24.0 Å². The minimum absolute atomic E-state index is 0.0243. The third-order valence-corrected chi connectivity index (χ3v) is 8.71. The van der Waals surface area contributed by atoms with Gasteiger partial charge in [-0.25, -0.2) is 0 Å². The molecule has 3 aliphatic heterocycles. The van der Waals surface area contributed by atoms with Gasteiger partial charge < -0.3 is 50.0 Å². The Bertz CT molecular complexity index is 1440. The Labute approximate surface area is 242 Å². The zero-order valence-corrected chi connectivity index (χ0v) is 23.0. The normalized spacial score (nSPS) is 28.8. The number of phenols is 3. The van der Waals surface area contributed by atoms with Gasteiger partial charge in [0.2, 0.25) is 6.29 Å². The first-order valence-corrected chi connectivity index (χ1v) is 14.0. The molecule has 7 atom stereocenters. The van der Waals surface area contributed by atoms with Crippen molar-refractivity contribution in [2.75, 3.05) is 20.3 Å². The number of aromatic hydroxyl groups is 3. The Hall–Kier alpha value is -3.58. The van der Waals surface area contributed by atoms with Gasteiger partial charge in [-0.3, -0.25) is 4.90 Å². The van der Waals surface area contributed by atoms with E-state index in [1.54, 1.807) is 24.3 Å². The molecule has 3 aromatic rings. The highest BCUT2D eigenvalue weighted by atomic mass is 16.7. The largest absolute Gasteiger partial charge is 0.508 e.